The van der Waals surface area contributed by atoms with Crippen molar-refractivity contribution in [3.63, 3.8) is 0 Å². The van der Waals surface area contributed by atoms with Crippen molar-refractivity contribution in [1.82, 2.24) is 5.32 Å². The van der Waals surface area contributed by atoms with Crippen LogP contribution in [0.3, 0.4) is 0 Å². The number of rotatable bonds is 3. The van der Waals surface area contributed by atoms with E-state index in [2.05, 4.69) is 5.32 Å². The molecule has 0 bridgehead atoms. The number of nitro groups is 1. The minimum Gasteiger partial charge on any atom is -0.478 e. The highest BCUT2D eigenvalue weighted by Crippen LogP contribution is 2.48. The molecule has 134 valence electrons. The quantitative estimate of drug-likeness (QED) is 0.517. The zero-order valence-corrected chi connectivity index (χ0v) is 14.0. The number of aliphatic carboxylic acids is 1. The molecule has 1 aromatic carbocycles. The lowest BCUT2D eigenvalue weighted by Crippen LogP contribution is -2.58. The Kier molecular flexibility index (Phi) is 3.84. The SMILES string of the molecule is CC1=C(C(=O)O)C(c2ccccc2[N+](=O)[O-])C2C(O)(CCS2(=O)=O)N1. The van der Waals surface area contributed by atoms with Crippen molar-refractivity contribution in [3.05, 3.63) is 51.2 Å². The summed E-state index contributed by atoms with van der Waals surface area (Å²) in [5, 5.41) is 32.8. The smallest absolute Gasteiger partial charge is 0.333 e. The van der Waals surface area contributed by atoms with Crippen LogP contribution < -0.4 is 5.32 Å². The van der Waals surface area contributed by atoms with Gasteiger partial charge >= 0.3 is 5.97 Å². The summed E-state index contributed by atoms with van der Waals surface area (Å²) in [7, 11) is -3.87. The van der Waals surface area contributed by atoms with Gasteiger partial charge in [0.15, 0.2) is 15.6 Å². The lowest BCUT2D eigenvalue weighted by molar-refractivity contribution is -0.385. The summed E-state index contributed by atoms with van der Waals surface area (Å²) in [6.45, 7) is 1.41. The molecule has 1 fully saturated rings. The van der Waals surface area contributed by atoms with Crippen molar-refractivity contribution in [3.8, 4) is 0 Å². The van der Waals surface area contributed by atoms with Crippen molar-refractivity contribution in [2.45, 2.75) is 30.2 Å². The normalized spacial score (nSPS) is 30.5. The topological polar surface area (TPSA) is 147 Å². The molecule has 0 saturated carbocycles. The summed E-state index contributed by atoms with van der Waals surface area (Å²) in [6.07, 6.45) is -0.124. The standard InChI is InChI=1S/C15H16N2O7S/c1-8-11(14(18)19)12(9-4-2-3-5-10(9)17(21)22)13-15(20,16-8)6-7-25(13,23)24/h2-5,12-13,16,20H,6-7H2,1H3,(H,18,19). The number of hydrogen-bond acceptors (Lipinski definition) is 7. The van der Waals surface area contributed by atoms with Crippen LogP contribution in [0.15, 0.2) is 35.5 Å². The maximum Gasteiger partial charge on any atom is 0.333 e. The molecule has 10 heteroatoms. The monoisotopic (exact) mass is 368 g/mol. The van der Waals surface area contributed by atoms with Crippen LogP contribution in [0.4, 0.5) is 5.69 Å². The van der Waals surface area contributed by atoms with Crippen LogP contribution in [0.2, 0.25) is 0 Å². The van der Waals surface area contributed by atoms with Crippen LogP contribution in [0.1, 0.15) is 24.8 Å². The van der Waals surface area contributed by atoms with Crippen LogP contribution in [-0.2, 0) is 14.6 Å². The molecule has 3 unspecified atom stereocenters. The Bertz CT molecular complexity index is 908. The maximum atomic E-state index is 12.6. The molecule has 0 aliphatic carbocycles. The lowest BCUT2D eigenvalue weighted by Gasteiger charge is -2.41. The van der Waals surface area contributed by atoms with E-state index in [1.54, 1.807) is 0 Å². The second-order valence-corrected chi connectivity index (χ2v) is 8.47. The first-order valence-electron chi connectivity index (χ1n) is 7.48. The Balaban J connectivity index is 2.34. The Labute approximate surface area is 143 Å². The molecular weight excluding hydrogens is 352 g/mol. The summed E-state index contributed by atoms with van der Waals surface area (Å²) >= 11 is 0. The first-order valence-corrected chi connectivity index (χ1v) is 9.19. The number of nitrogens with zero attached hydrogens (tertiary/aromatic N) is 1. The molecule has 2 aliphatic heterocycles. The van der Waals surface area contributed by atoms with Crippen LogP contribution >= 0.6 is 0 Å². The van der Waals surface area contributed by atoms with Crippen LogP contribution in [0.25, 0.3) is 0 Å². The molecule has 0 amide bonds. The first kappa shape index (κ1) is 17.4. The highest BCUT2D eigenvalue weighted by molar-refractivity contribution is 7.92. The Morgan fingerprint density at radius 1 is 1.40 bits per heavy atom. The summed E-state index contributed by atoms with van der Waals surface area (Å²) < 4.78 is 25.1. The van der Waals surface area contributed by atoms with E-state index in [4.69, 9.17) is 0 Å². The number of nitro benzene ring substituents is 1. The van der Waals surface area contributed by atoms with E-state index in [0.717, 1.165) is 0 Å². The van der Waals surface area contributed by atoms with Crippen LogP contribution in [0, 0.1) is 10.1 Å². The molecule has 2 heterocycles. The fraction of sp³-hybridized carbons (Fsp3) is 0.400. The molecular formula is C15H16N2O7S. The van der Waals surface area contributed by atoms with Gasteiger partial charge in [-0.15, -0.1) is 0 Å². The van der Waals surface area contributed by atoms with Crippen molar-refractivity contribution < 1.29 is 28.3 Å². The number of nitrogens with one attached hydrogen (secondary N) is 1. The highest BCUT2D eigenvalue weighted by Gasteiger charge is 2.60. The molecule has 0 radical (unpaired) electrons. The third kappa shape index (κ3) is 2.57. The number of benzene rings is 1. The summed E-state index contributed by atoms with van der Waals surface area (Å²) in [5.74, 6) is -3.08. The van der Waals surface area contributed by atoms with Gasteiger partial charge in [-0.05, 0) is 6.92 Å². The Morgan fingerprint density at radius 2 is 2.04 bits per heavy atom. The van der Waals surface area contributed by atoms with E-state index >= 15 is 0 Å². The van der Waals surface area contributed by atoms with Gasteiger partial charge in [-0.3, -0.25) is 10.1 Å². The third-order valence-electron chi connectivity index (χ3n) is 4.75. The molecule has 0 spiro atoms. The molecule has 3 rings (SSSR count). The number of aliphatic hydroxyl groups is 1. The molecule has 1 aromatic rings. The first-order chi connectivity index (χ1) is 11.6. The van der Waals surface area contributed by atoms with Gasteiger partial charge in [-0.2, -0.15) is 0 Å². The van der Waals surface area contributed by atoms with E-state index in [9.17, 15) is 33.5 Å². The third-order valence-corrected chi connectivity index (χ3v) is 6.95. The number of fused-ring (bicyclic) bond motifs is 1. The van der Waals surface area contributed by atoms with Crippen molar-refractivity contribution in [1.29, 1.82) is 0 Å². The van der Waals surface area contributed by atoms with Gasteiger partial charge in [0, 0.05) is 29.7 Å². The van der Waals surface area contributed by atoms with Gasteiger partial charge < -0.3 is 15.5 Å². The molecule has 25 heavy (non-hydrogen) atoms. The van der Waals surface area contributed by atoms with Crippen molar-refractivity contribution in [2.24, 2.45) is 0 Å². The Hall–Kier alpha value is -2.46. The van der Waals surface area contributed by atoms with E-state index in [0.29, 0.717) is 0 Å². The number of carboxylic acid groups (broad SMARTS) is 1. The highest BCUT2D eigenvalue weighted by atomic mass is 32.2. The Morgan fingerprint density at radius 3 is 2.64 bits per heavy atom. The number of para-hydroxylation sites is 1. The zero-order chi connectivity index (χ0) is 18.6. The van der Waals surface area contributed by atoms with Gasteiger partial charge in [-0.25, -0.2) is 13.2 Å². The molecule has 3 N–H and O–H groups in total. The molecule has 2 aliphatic rings. The van der Waals surface area contributed by atoms with E-state index in [1.807, 2.05) is 0 Å². The van der Waals surface area contributed by atoms with Gasteiger partial charge in [0.25, 0.3) is 5.69 Å². The molecule has 1 saturated heterocycles. The van der Waals surface area contributed by atoms with Crippen LogP contribution in [-0.4, -0.2) is 46.3 Å². The summed E-state index contributed by atoms with van der Waals surface area (Å²) in [6, 6.07) is 5.40. The van der Waals surface area contributed by atoms with E-state index in [1.165, 1.54) is 31.2 Å². The summed E-state index contributed by atoms with van der Waals surface area (Å²) in [5.41, 5.74) is -2.50. The maximum absolute atomic E-state index is 12.6. The number of hydrogen-bond donors (Lipinski definition) is 3. The fourth-order valence-electron chi connectivity index (χ4n) is 3.79. The molecule has 3 atom stereocenters. The minimum absolute atomic E-state index is 0.0420. The number of carboxylic acids is 1. The fourth-order valence-corrected chi connectivity index (χ4v) is 6.10. The largest absolute Gasteiger partial charge is 0.478 e. The van der Waals surface area contributed by atoms with Gasteiger partial charge in [0.05, 0.1) is 16.2 Å². The van der Waals surface area contributed by atoms with Crippen molar-refractivity contribution >= 4 is 21.5 Å². The second-order valence-electron chi connectivity index (χ2n) is 6.22. The van der Waals surface area contributed by atoms with Gasteiger partial charge in [-0.1, -0.05) is 18.2 Å². The van der Waals surface area contributed by atoms with Crippen LogP contribution in [0.5, 0.6) is 0 Å². The number of allylic oxidation sites excluding steroid dienone is 1. The van der Waals surface area contributed by atoms with E-state index in [-0.39, 0.29) is 34.7 Å². The minimum atomic E-state index is -3.87. The predicted molar refractivity (Wildman–Crippen MR) is 86.5 cm³/mol. The molecule has 9 nitrogen and oxygen atoms in total. The van der Waals surface area contributed by atoms with Gasteiger partial charge in [0.2, 0.25) is 0 Å². The average molecular weight is 368 g/mol. The molecule has 0 aromatic heterocycles. The second kappa shape index (κ2) is 5.53. The number of carbonyl (C=O) groups is 1. The zero-order valence-electron chi connectivity index (χ0n) is 13.2. The van der Waals surface area contributed by atoms with Gasteiger partial charge in [0.1, 0.15) is 5.25 Å². The summed E-state index contributed by atoms with van der Waals surface area (Å²) in [4.78, 5) is 22.5. The lowest BCUT2D eigenvalue weighted by atomic mass is 9.78. The average Bonchev–Trinajstić information content (AvgIpc) is 2.75. The van der Waals surface area contributed by atoms with Crippen molar-refractivity contribution in [2.75, 3.05) is 5.75 Å². The van der Waals surface area contributed by atoms with E-state index < -0.39 is 37.6 Å². The number of sulfone groups is 1. The predicted octanol–water partition coefficient (Wildman–Crippen LogP) is 0.516.